The van der Waals surface area contributed by atoms with Gasteiger partial charge in [-0.15, -0.1) is 0 Å². The molecule has 1 aromatic heterocycles. The Kier molecular flexibility index (Phi) is 28.3. The van der Waals surface area contributed by atoms with Crippen LogP contribution in [0.2, 0.25) is 0 Å². The molecule has 3 nitrogen and oxygen atoms in total. The van der Waals surface area contributed by atoms with Crippen LogP contribution < -0.4 is 0 Å². The number of hydrogen-bond acceptors (Lipinski definition) is 3. The van der Waals surface area contributed by atoms with E-state index in [1.807, 2.05) is 0 Å². The molecule has 1 heterocycles. The van der Waals surface area contributed by atoms with E-state index in [1.54, 1.807) is 0 Å². The molecular formula is C38H73N3. The molecule has 0 N–H and O–H groups in total. The second-order valence-corrected chi connectivity index (χ2v) is 13.0. The molecule has 0 amide bonds. The molecule has 0 aliphatic carbocycles. The van der Waals surface area contributed by atoms with Crippen molar-refractivity contribution in [3.05, 3.63) is 17.5 Å². The van der Waals surface area contributed by atoms with Gasteiger partial charge in [0.15, 0.2) is 0 Å². The summed E-state index contributed by atoms with van der Waals surface area (Å²) in [5.74, 6) is 3.15. The zero-order chi connectivity index (χ0) is 29.5. The van der Waals surface area contributed by atoms with Crippen molar-refractivity contribution in [2.45, 2.75) is 226 Å². The van der Waals surface area contributed by atoms with E-state index in [-0.39, 0.29) is 0 Å². The van der Waals surface area contributed by atoms with Gasteiger partial charge >= 0.3 is 0 Å². The van der Waals surface area contributed by atoms with Gasteiger partial charge in [-0.1, -0.05) is 188 Å². The van der Waals surface area contributed by atoms with Gasteiger partial charge in [-0.25, -0.2) is 15.0 Å². The van der Waals surface area contributed by atoms with Gasteiger partial charge in [-0.3, -0.25) is 0 Å². The van der Waals surface area contributed by atoms with Gasteiger partial charge in [-0.2, -0.15) is 0 Å². The maximum absolute atomic E-state index is 4.89. The lowest BCUT2D eigenvalue weighted by molar-refractivity contribution is 0.532. The van der Waals surface area contributed by atoms with Crippen LogP contribution >= 0.6 is 0 Å². The lowest BCUT2D eigenvalue weighted by Gasteiger charge is -2.08. The summed E-state index contributed by atoms with van der Waals surface area (Å²) >= 11 is 0. The van der Waals surface area contributed by atoms with Crippen LogP contribution in [0, 0.1) is 0 Å². The Labute approximate surface area is 258 Å². The zero-order valence-corrected chi connectivity index (χ0v) is 28.5. The average Bonchev–Trinajstić information content (AvgIpc) is 2.97. The number of hydrogen-bond donors (Lipinski definition) is 0. The Hall–Kier alpha value is -0.990. The van der Waals surface area contributed by atoms with Gasteiger partial charge in [-0.05, 0) is 19.3 Å². The van der Waals surface area contributed by atoms with E-state index >= 15 is 0 Å². The van der Waals surface area contributed by atoms with Crippen LogP contribution in [0.15, 0.2) is 0 Å². The number of aryl methyl sites for hydroxylation is 3. The monoisotopic (exact) mass is 572 g/mol. The fraction of sp³-hybridized carbons (Fsp3) is 0.921. The fourth-order valence-corrected chi connectivity index (χ4v) is 6.04. The Balaban J connectivity index is 2.06. The molecule has 0 saturated heterocycles. The molecule has 0 aliphatic rings. The lowest BCUT2D eigenvalue weighted by atomic mass is 10.0. The summed E-state index contributed by atoms with van der Waals surface area (Å²) in [6.07, 6.45) is 43.5. The summed E-state index contributed by atoms with van der Waals surface area (Å²) < 4.78 is 0. The van der Waals surface area contributed by atoms with Crippen molar-refractivity contribution < 1.29 is 0 Å². The predicted octanol–water partition coefficient (Wildman–Crippen LogP) is 12.9. The quantitative estimate of drug-likeness (QED) is 0.0807. The van der Waals surface area contributed by atoms with Crippen LogP contribution in [-0.2, 0) is 19.3 Å². The maximum Gasteiger partial charge on any atom is 0.132 e. The van der Waals surface area contributed by atoms with E-state index in [2.05, 4.69) is 20.8 Å². The van der Waals surface area contributed by atoms with Crippen LogP contribution in [0.3, 0.4) is 0 Å². The van der Waals surface area contributed by atoms with Crippen molar-refractivity contribution in [3.8, 4) is 0 Å². The van der Waals surface area contributed by atoms with Crippen molar-refractivity contribution in [2.75, 3.05) is 0 Å². The standard InChI is InChI=1S/C38H73N3/c1-4-7-9-11-13-15-17-19-21-23-25-27-29-31-34-37-39-36(33-6-3)40-38(41-37)35-32-30-28-26-24-22-20-18-16-14-12-10-8-5-2/h4-35H2,1-3H3. The first-order chi connectivity index (χ1) is 20.3. The van der Waals surface area contributed by atoms with Gasteiger partial charge in [0.1, 0.15) is 17.5 Å². The van der Waals surface area contributed by atoms with Crippen molar-refractivity contribution >= 4 is 0 Å². The minimum Gasteiger partial charge on any atom is -0.218 e. The smallest absolute Gasteiger partial charge is 0.132 e. The molecule has 240 valence electrons. The van der Waals surface area contributed by atoms with Crippen molar-refractivity contribution in [1.82, 2.24) is 15.0 Å². The minimum absolute atomic E-state index is 0.986. The first-order valence-electron chi connectivity index (χ1n) is 19.0. The third-order valence-electron chi connectivity index (χ3n) is 8.76. The van der Waals surface area contributed by atoms with Gasteiger partial charge in [0.05, 0.1) is 0 Å². The van der Waals surface area contributed by atoms with Crippen molar-refractivity contribution in [2.24, 2.45) is 0 Å². The summed E-state index contributed by atoms with van der Waals surface area (Å²) in [6, 6.07) is 0. The third kappa shape index (κ3) is 25.2. The largest absolute Gasteiger partial charge is 0.218 e. The van der Waals surface area contributed by atoms with Crippen molar-refractivity contribution in [3.63, 3.8) is 0 Å². The van der Waals surface area contributed by atoms with Gasteiger partial charge in [0, 0.05) is 19.3 Å². The Morgan fingerprint density at radius 1 is 0.244 bits per heavy atom. The van der Waals surface area contributed by atoms with E-state index in [4.69, 9.17) is 15.0 Å². The average molecular weight is 572 g/mol. The molecule has 1 aromatic rings. The molecule has 0 atom stereocenters. The minimum atomic E-state index is 0.986. The molecule has 0 unspecified atom stereocenters. The van der Waals surface area contributed by atoms with E-state index in [9.17, 15) is 0 Å². The van der Waals surface area contributed by atoms with E-state index in [0.717, 1.165) is 43.2 Å². The summed E-state index contributed by atoms with van der Waals surface area (Å²) in [5.41, 5.74) is 0. The highest BCUT2D eigenvalue weighted by Crippen LogP contribution is 2.15. The zero-order valence-electron chi connectivity index (χ0n) is 28.5. The molecule has 0 saturated carbocycles. The number of nitrogens with zero attached hydrogens (tertiary/aromatic N) is 3. The summed E-state index contributed by atoms with van der Waals surface area (Å²) in [5, 5.41) is 0. The first kappa shape index (κ1) is 38.0. The molecule has 41 heavy (non-hydrogen) atoms. The van der Waals surface area contributed by atoms with Crippen LogP contribution in [0.4, 0.5) is 0 Å². The highest BCUT2D eigenvalue weighted by molar-refractivity contribution is 4.98. The molecule has 3 heteroatoms. The molecule has 0 radical (unpaired) electrons. The number of rotatable bonds is 32. The fourth-order valence-electron chi connectivity index (χ4n) is 6.04. The molecule has 0 aliphatic heterocycles. The van der Waals surface area contributed by atoms with Crippen LogP contribution in [0.25, 0.3) is 0 Å². The van der Waals surface area contributed by atoms with Gasteiger partial charge in [0.2, 0.25) is 0 Å². The van der Waals surface area contributed by atoms with E-state index < -0.39 is 0 Å². The first-order valence-corrected chi connectivity index (χ1v) is 19.0. The summed E-state index contributed by atoms with van der Waals surface area (Å²) in [6.45, 7) is 6.83. The molecule has 0 spiro atoms. The van der Waals surface area contributed by atoms with E-state index in [0.29, 0.717) is 0 Å². The van der Waals surface area contributed by atoms with Crippen LogP contribution in [-0.4, -0.2) is 15.0 Å². The SMILES string of the molecule is CCCCCCCCCCCCCCCCc1nc(CCC)nc(CCCCCCCCCCCCCCCC)n1. The van der Waals surface area contributed by atoms with Gasteiger partial charge < -0.3 is 0 Å². The summed E-state index contributed by atoms with van der Waals surface area (Å²) in [4.78, 5) is 14.5. The third-order valence-corrected chi connectivity index (χ3v) is 8.76. The molecular weight excluding hydrogens is 498 g/mol. The number of unbranched alkanes of at least 4 members (excludes halogenated alkanes) is 26. The Morgan fingerprint density at radius 2 is 0.463 bits per heavy atom. The second-order valence-electron chi connectivity index (χ2n) is 13.0. The maximum atomic E-state index is 4.89. The molecule has 0 fully saturated rings. The normalized spacial score (nSPS) is 11.5. The second kappa shape index (κ2) is 30.5. The van der Waals surface area contributed by atoms with Crippen LogP contribution in [0.5, 0.6) is 0 Å². The van der Waals surface area contributed by atoms with Crippen molar-refractivity contribution in [1.29, 1.82) is 0 Å². The molecule has 0 aromatic carbocycles. The summed E-state index contributed by atoms with van der Waals surface area (Å²) in [7, 11) is 0. The topological polar surface area (TPSA) is 38.7 Å². The Morgan fingerprint density at radius 3 is 0.707 bits per heavy atom. The molecule has 0 bridgehead atoms. The number of aromatic nitrogens is 3. The van der Waals surface area contributed by atoms with E-state index in [1.165, 1.54) is 180 Å². The lowest BCUT2D eigenvalue weighted by Crippen LogP contribution is -2.08. The highest BCUT2D eigenvalue weighted by atomic mass is 15.0. The predicted molar refractivity (Wildman–Crippen MR) is 182 cm³/mol. The molecule has 1 rings (SSSR count). The van der Waals surface area contributed by atoms with Gasteiger partial charge in [0.25, 0.3) is 0 Å². The van der Waals surface area contributed by atoms with Crippen LogP contribution in [0.1, 0.15) is 224 Å². The highest BCUT2D eigenvalue weighted by Gasteiger charge is 2.07. The Bertz CT molecular complexity index is 609.